The number of benzene rings is 1. The van der Waals surface area contributed by atoms with E-state index in [1.807, 2.05) is 13.8 Å². The van der Waals surface area contributed by atoms with Gasteiger partial charge >= 0.3 is 0 Å². The summed E-state index contributed by atoms with van der Waals surface area (Å²) < 4.78 is 20.3. The third-order valence-electron chi connectivity index (χ3n) is 2.62. The molecule has 0 saturated carbocycles. The molecule has 3 nitrogen and oxygen atoms in total. The van der Waals surface area contributed by atoms with Gasteiger partial charge in [0.15, 0.2) is 0 Å². The van der Waals surface area contributed by atoms with Gasteiger partial charge in [0, 0.05) is 12.6 Å². The molecule has 1 aromatic heterocycles. The van der Waals surface area contributed by atoms with Gasteiger partial charge in [-0.2, -0.15) is 5.10 Å². The minimum absolute atomic E-state index is 0.275. The average Bonchev–Trinajstić information content (AvgIpc) is 2.63. The predicted molar refractivity (Wildman–Crippen MR) is 68.4 cm³/mol. The summed E-state index contributed by atoms with van der Waals surface area (Å²) in [4.78, 5) is 0. The maximum Gasteiger partial charge on any atom is 0.131 e. The zero-order chi connectivity index (χ0) is 13.1. The molecule has 18 heavy (non-hydrogen) atoms. The summed E-state index contributed by atoms with van der Waals surface area (Å²) in [6.07, 6.45) is 0. The molecular weight excluding hydrogens is 255 g/mol. The van der Waals surface area contributed by atoms with Crippen molar-refractivity contribution in [3.8, 4) is 5.75 Å². The second-order valence-electron chi connectivity index (χ2n) is 3.91. The average molecular weight is 269 g/mol. The Kier molecular flexibility index (Phi) is 3.87. The van der Waals surface area contributed by atoms with Gasteiger partial charge in [-0.05, 0) is 26.0 Å². The number of ether oxygens (including phenoxy) is 1. The number of aryl methyl sites for hydroxylation is 2. The zero-order valence-corrected chi connectivity index (χ0v) is 11.0. The first-order chi connectivity index (χ1) is 8.61. The van der Waals surface area contributed by atoms with E-state index in [2.05, 4.69) is 5.10 Å². The minimum Gasteiger partial charge on any atom is -0.487 e. The van der Waals surface area contributed by atoms with Crippen molar-refractivity contribution in [1.29, 1.82) is 0 Å². The Balaban J connectivity index is 2.15. The Hall–Kier alpha value is -1.55. The van der Waals surface area contributed by atoms with Crippen molar-refractivity contribution >= 4 is 11.6 Å². The highest BCUT2D eigenvalue weighted by Gasteiger charge is 2.12. The Morgan fingerprint density at radius 2 is 2.22 bits per heavy atom. The van der Waals surface area contributed by atoms with Crippen molar-refractivity contribution in [2.24, 2.45) is 0 Å². The maximum atomic E-state index is 13.0. The number of hydrogen-bond acceptors (Lipinski definition) is 2. The second-order valence-corrected chi connectivity index (χ2v) is 4.29. The molecule has 1 aromatic carbocycles. The standard InChI is InChI=1S/C13H14ClFN2O/c1-3-17-12(13(14)9(2)16-17)8-18-11-6-4-5-10(15)7-11/h4-7H,3,8H2,1-2H3. The largest absolute Gasteiger partial charge is 0.487 e. The first-order valence-corrected chi connectivity index (χ1v) is 6.09. The molecule has 0 bridgehead atoms. The van der Waals surface area contributed by atoms with E-state index in [1.165, 1.54) is 12.1 Å². The predicted octanol–water partition coefficient (Wildman–Crippen LogP) is 3.58. The Morgan fingerprint density at radius 1 is 1.44 bits per heavy atom. The van der Waals surface area contributed by atoms with Gasteiger partial charge in [0.25, 0.3) is 0 Å². The molecule has 0 fully saturated rings. The first-order valence-electron chi connectivity index (χ1n) is 5.72. The zero-order valence-electron chi connectivity index (χ0n) is 10.3. The molecule has 0 aliphatic rings. The SMILES string of the molecule is CCn1nc(C)c(Cl)c1COc1cccc(F)c1. The molecule has 0 saturated heterocycles. The highest BCUT2D eigenvalue weighted by atomic mass is 35.5. The van der Waals surface area contributed by atoms with E-state index >= 15 is 0 Å². The van der Waals surface area contributed by atoms with Gasteiger partial charge in [-0.15, -0.1) is 0 Å². The van der Waals surface area contributed by atoms with Crippen LogP contribution in [0.4, 0.5) is 4.39 Å². The van der Waals surface area contributed by atoms with Crippen LogP contribution in [0.3, 0.4) is 0 Å². The maximum absolute atomic E-state index is 13.0. The van der Waals surface area contributed by atoms with Crippen molar-refractivity contribution in [3.63, 3.8) is 0 Å². The van der Waals surface area contributed by atoms with Gasteiger partial charge in [0.2, 0.25) is 0 Å². The molecule has 0 spiro atoms. The number of hydrogen-bond donors (Lipinski definition) is 0. The highest BCUT2D eigenvalue weighted by molar-refractivity contribution is 6.31. The van der Waals surface area contributed by atoms with E-state index in [9.17, 15) is 4.39 Å². The van der Waals surface area contributed by atoms with Crippen LogP contribution in [-0.4, -0.2) is 9.78 Å². The Labute approximate surface area is 110 Å². The van der Waals surface area contributed by atoms with Crippen LogP contribution in [-0.2, 0) is 13.2 Å². The van der Waals surface area contributed by atoms with E-state index in [0.29, 0.717) is 10.8 Å². The Morgan fingerprint density at radius 3 is 2.89 bits per heavy atom. The number of nitrogens with zero attached hydrogens (tertiary/aromatic N) is 2. The van der Waals surface area contributed by atoms with Crippen molar-refractivity contribution in [1.82, 2.24) is 9.78 Å². The van der Waals surface area contributed by atoms with Gasteiger partial charge < -0.3 is 4.74 Å². The van der Waals surface area contributed by atoms with E-state index < -0.39 is 0 Å². The van der Waals surface area contributed by atoms with Crippen LogP contribution >= 0.6 is 11.6 Å². The molecule has 0 amide bonds. The van der Waals surface area contributed by atoms with Gasteiger partial charge in [-0.1, -0.05) is 17.7 Å². The summed E-state index contributed by atoms with van der Waals surface area (Å²) in [5.74, 6) is 0.159. The topological polar surface area (TPSA) is 27.1 Å². The summed E-state index contributed by atoms with van der Waals surface area (Å²) in [7, 11) is 0. The first kappa shape index (κ1) is 12.9. The summed E-state index contributed by atoms with van der Waals surface area (Å²) in [6.45, 7) is 4.82. The summed E-state index contributed by atoms with van der Waals surface area (Å²) in [6, 6.07) is 6.03. The second kappa shape index (κ2) is 5.40. The fourth-order valence-electron chi connectivity index (χ4n) is 1.72. The van der Waals surface area contributed by atoms with Gasteiger partial charge in [0.1, 0.15) is 18.2 Å². The van der Waals surface area contributed by atoms with Crippen LogP contribution in [0.2, 0.25) is 5.02 Å². The van der Waals surface area contributed by atoms with Crippen LogP contribution < -0.4 is 4.74 Å². The smallest absolute Gasteiger partial charge is 0.131 e. The lowest BCUT2D eigenvalue weighted by molar-refractivity contribution is 0.291. The lowest BCUT2D eigenvalue weighted by Crippen LogP contribution is -2.06. The third kappa shape index (κ3) is 2.64. The van der Waals surface area contributed by atoms with Crippen molar-refractivity contribution in [2.75, 3.05) is 0 Å². The van der Waals surface area contributed by atoms with Gasteiger partial charge in [-0.25, -0.2) is 4.39 Å². The van der Waals surface area contributed by atoms with Gasteiger partial charge in [-0.3, -0.25) is 4.68 Å². The van der Waals surface area contributed by atoms with Crippen molar-refractivity contribution in [3.05, 3.63) is 46.5 Å². The molecule has 0 aliphatic heterocycles. The van der Waals surface area contributed by atoms with Crippen LogP contribution in [0.15, 0.2) is 24.3 Å². The fraction of sp³-hybridized carbons (Fsp3) is 0.308. The van der Waals surface area contributed by atoms with Crippen LogP contribution in [0, 0.1) is 12.7 Å². The molecule has 0 atom stereocenters. The molecule has 0 aliphatic carbocycles. The van der Waals surface area contributed by atoms with E-state index in [-0.39, 0.29) is 12.4 Å². The highest BCUT2D eigenvalue weighted by Crippen LogP contribution is 2.22. The number of halogens is 2. The fourth-order valence-corrected chi connectivity index (χ4v) is 1.91. The van der Waals surface area contributed by atoms with Crippen LogP contribution in [0.5, 0.6) is 5.75 Å². The molecule has 2 aromatic rings. The molecular formula is C13H14ClFN2O. The molecule has 2 rings (SSSR count). The third-order valence-corrected chi connectivity index (χ3v) is 3.12. The minimum atomic E-state index is -0.321. The summed E-state index contributed by atoms with van der Waals surface area (Å²) >= 11 is 6.15. The lowest BCUT2D eigenvalue weighted by Gasteiger charge is -2.08. The van der Waals surface area contributed by atoms with Crippen molar-refractivity contribution < 1.29 is 9.13 Å². The molecule has 0 radical (unpaired) electrons. The summed E-state index contributed by atoms with van der Waals surface area (Å²) in [5, 5.41) is 4.89. The van der Waals surface area contributed by atoms with Crippen LogP contribution in [0.25, 0.3) is 0 Å². The van der Waals surface area contributed by atoms with Crippen molar-refractivity contribution in [2.45, 2.75) is 27.0 Å². The molecule has 5 heteroatoms. The molecule has 1 heterocycles. The quantitative estimate of drug-likeness (QED) is 0.847. The molecule has 0 N–H and O–H groups in total. The van der Waals surface area contributed by atoms with E-state index in [1.54, 1.807) is 16.8 Å². The van der Waals surface area contributed by atoms with Gasteiger partial charge in [0.05, 0.1) is 16.4 Å². The number of aromatic nitrogens is 2. The lowest BCUT2D eigenvalue weighted by atomic mass is 10.3. The van der Waals surface area contributed by atoms with E-state index in [4.69, 9.17) is 16.3 Å². The van der Waals surface area contributed by atoms with Crippen LogP contribution in [0.1, 0.15) is 18.3 Å². The normalized spacial score (nSPS) is 10.7. The Bertz CT molecular complexity index is 554. The monoisotopic (exact) mass is 268 g/mol. The molecule has 96 valence electrons. The molecule has 0 unspecified atom stereocenters. The van der Waals surface area contributed by atoms with E-state index in [0.717, 1.165) is 17.9 Å². The number of rotatable bonds is 4. The summed E-state index contributed by atoms with van der Waals surface area (Å²) in [5.41, 5.74) is 1.58.